The van der Waals surface area contributed by atoms with Crippen LogP contribution in [-0.2, 0) is 38.1 Å². The van der Waals surface area contributed by atoms with Crippen LogP contribution in [0.4, 0.5) is 4.79 Å². The summed E-state index contributed by atoms with van der Waals surface area (Å²) in [7, 11) is -3.77. The van der Waals surface area contributed by atoms with Crippen molar-refractivity contribution in [1.29, 1.82) is 0 Å². The van der Waals surface area contributed by atoms with E-state index in [1.807, 2.05) is 6.92 Å². The molecule has 0 aliphatic heterocycles. The van der Waals surface area contributed by atoms with E-state index in [1.165, 1.54) is 12.1 Å². The zero-order valence-corrected chi connectivity index (χ0v) is 19.4. The molecule has 0 fully saturated rings. The lowest BCUT2D eigenvalue weighted by molar-refractivity contribution is -0.0358. The predicted molar refractivity (Wildman–Crippen MR) is 112 cm³/mol. The maximum atomic E-state index is 12.0. The van der Waals surface area contributed by atoms with Gasteiger partial charge in [0.2, 0.25) is 0 Å². The van der Waals surface area contributed by atoms with Crippen molar-refractivity contribution in [2.75, 3.05) is 52.9 Å². The van der Waals surface area contributed by atoms with Crippen molar-refractivity contribution >= 4 is 16.2 Å². The molecule has 1 rings (SSSR count). The molecule has 0 aliphatic carbocycles. The van der Waals surface area contributed by atoms with Crippen LogP contribution in [0, 0.1) is 6.92 Å². The first-order valence-corrected chi connectivity index (χ1v) is 11.3. The Morgan fingerprint density at radius 3 is 1.84 bits per heavy atom. The Labute approximate surface area is 184 Å². The maximum absolute atomic E-state index is 12.0. The second kappa shape index (κ2) is 14.3. The highest BCUT2D eigenvalue weighted by molar-refractivity contribution is 7.86. The normalized spacial score (nSPS) is 12.0. The van der Waals surface area contributed by atoms with Gasteiger partial charge in [0, 0.05) is 0 Å². The van der Waals surface area contributed by atoms with Gasteiger partial charge in [-0.1, -0.05) is 17.7 Å². The summed E-state index contributed by atoms with van der Waals surface area (Å²) in [5, 5.41) is 0. The lowest BCUT2D eigenvalue weighted by atomic mass is 10.2. The van der Waals surface area contributed by atoms with Crippen molar-refractivity contribution in [2.24, 2.45) is 0 Å². The number of hydroxylamine groups is 1. The standard InChI is InChI=1S/C20H33NO9S/c1-17-5-7-18(8-6-17)31(23,24)29-16-14-27-12-10-25-9-11-26-13-15-28-21-19(22)30-20(2,3)4/h5-8H,9-16H2,1-4H3,(H,21,22). The third-order valence-corrected chi connectivity index (χ3v) is 4.73. The van der Waals surface area contributed by atoms with E-state index in [0.29, 0.717) is 26.4 Å². The highest BCUT2D eigenvalue weighted by atomic mass is 32.2. The van der Waals surface area contributed by atoms with E-state index < -0.39 is 21.8 Å². The van der Waals surface area contributed by atoms with E-state index >= 15 is 0 Å². The molecule has 10 nitrogen and oxygen atoms in total. The third-order valence-electron chi connectivity index (χ3n) is 3.40. The third kappa shape index (κ3) is 14.0. The summed E-state index contributed by atoms with van der Waals surface area (Å²) in [4.78, 5) is 16.4. The summed E-state index contributed by atoms with van der Waals surface area (Å²) < 4.78 is 49.8. The molecule has 1 amide bonds. The summed E-state index contributed by atoms with van der Waals surface area (Å²) in [6, 6.07) is 6.43. The van der Waals surface area contributed by atoms with Gasteiger partial charge in [0.15, 0.2) is 0 Å². The molecule has 11 heteroatoms. The van der Waals surface area contributed by atoms with Gasteiger partial charge in [-0.15, -0.1) is 0 Å². The van der Waals surface area contributed by atoms with Gasteiger partial charge in [0.25, 0.3) is 10.1 Å². The Morgan fingerprint density at radius 2 is 1.32 bits per heavy atom. The quantitative estimate of drug-likeness (QED) is 0.237. The number of ether oxygens (including phenoxy) is 4. The van der Waals surface area contributed by atoms with E-state index in [4.69, 9.17) is 28.0 Å². The van der Waals surface area contributed by atoms with Crippen molar-refractivity contribution in [3.63, 3.8) is 0 Å². The molecule has 1 aromatic rings. The summed E-state index contributed by atoms with van der Waals surface area (Å²) in [6.07, 6.45) is -0.658. The number of amides is 1. The number of nitrogens with one attached hydrogen (secondary N) is 1. The molecule has 1 N–H and O–H groups in total. The minimum atomic E-state index is -3.77. The first-order valence-electron chi connectivity index (χ1n) is 9.90. The van der Waals surface area contributed by atoms with Crippen LogP contribution in [0.3, 0.4) is 0 Å². The molecule has 0 aromatic heterocycles. The minimum Gasteiger partial charge on any atom is -0.442 e. The van der Waals surface area contributed by atoms with Crippen LogP contribution in [0.25, 0.3) is 0 Å². The van der Waals surface area contributed by atoms with Crippen molar-refractivity contribution in [3.05, 3.63) is 29.8 Å². The number of hydrogen-bond donors (Lipinski definition) is 1. The molecule has 178 valence electrons. The SMILES string of the molecule is Cc1ccc(S(=O)(=O)OCCOCCOCCOCCONC(=O)OC(C)(C)C)cc1. The summed E-state index contributed by atoms with van der Waals surface area (Å²) >= 11 is 0. The van der Waals surface area contributed by atoms with Crippen LogP contribution >= 0.6 is 0 Å². The van der Waals surface area contributed by atoms with Crippen LogP contribution < -0.4 is 5.48 Å². The van der Waals surface area contributed by atoms with E-state index in [1.54, 1.807) is 32.9 Å². The molecule has 0 aliphatic rings. The van der Waals surface area contributed by atoms with Crippen molar-refractivity contribution < 1.29 is 41.2 Å². The zero-order valence-electron chi connectivity index (χ0n) is 18.5. The van der Waals surface area contributed by atoms with Crippen LogP contribution in [-0.4, -0.2) is 73.0 Å². The number of carbonyl (C=O) groups is 1. The van der Waals surface area contributed by atoms with Gasteiger partial charge in [0.1, 0.15) is 5.60 Å². The topological polar surface area (TPSA) is 119 Å². The molecule has 0 atom stereocenters. The van der Waals surface area contributed by atoms with Gasteiger partial charge in [-0.05, 0) is 39.8 Å². The average molecular weight is 464 g/mol. The summed E-state index contributed by atoms with van der Waals surface area (Å²) in [6.45, 7) is 9.01. The molecule has 0 saturated heterocycles. The number of benzene rings is 1. The van der Waals surface area contributed by atoms with Crippen molar-refractivity contribution in [1.82, 2.24) is 5.48 Å². The van der Waals surface area contributed by atoms with Crippen molar-refractivity contribution in [2.45, 2.75) is 38.2 Å². The second-order valence-corrected chi connectivity index (χ2v) is 8.99. The van der Waals surface area contributed by atoms with Crippen LogP contribution in [0.1, 0.15) is 26.3 Å². The van der Waals surface area contributed by atoms with E-state index in [-0.39, 0.29) is 31.3 Å². The van der Waals surface area contributed by atoms with E-state index in [0.717, 1.165) is 5.56 Å². The molecule has 0 saturated carbocycles. The van der Waals surface area contributed by atoms with Crippen LogP contribution in [0.15, 0.2) is 29.2 Å². The van der Waals surface area contributed by atoms with Gasteiger partial charge >= 0.3 is 6.09 Å². The van der Waals surface area contributed by atoms with Gasteiger partial charge in [-0.25, -0.2) is 4.79 Å². The number of rotatable bonds is 15. The number of aryl methyl sites for hydroxylation is 1. The van der Waals surface area contributed by atoms with Crippen LogP contribution in [0.5, 0.6) is 0 Å². The van der Waals surface area contributed by atoms with E-state index in [9.17, 15) is 13.2 Å². The highest BCUT2D eigenvalue weighted by Crippen LogP contribution is 2.12. The Kier molecular flexibility index (Phi) is 12.6. The van der Waals surface area contributed by atoms with Crippen LogP contribution in [0.2, 0.25) is 0 Å². The van der Waals surface area contributed by atoms with E-state index in [2.05, 4.69) is 5.48 Å². The van der Waals surface area contributed by atoms with Crippen molar-refractivity contribution in [3.8, 4) is 0 Å². The number of hydrogen-bond acceptors (Lipinski definition) is 9. The molecule has 1 aromatic carbocycles. The Bertz CT molecular complexity index is 730. The smallest absolute Gasteiger partial charge is 0.431 e. The molecule has 0 spiro atoms. The van der Waals surface area contributed by atoms with Gasteiger partial charge in [-0.2, -0.15) is 13.9 Å². The predicted octanol–water partition coefficient (Wildman–Crippen LogP) is 2.21. The maximum Gasteiger partial charge on any atom is 0.431 e. The second-order valence-electron chi connectivity index (χ2n) is 7.38. The lowest BCUT2D eigenvalue weighted by Gasteiger charge is -2.19. The molecular formula is C20H33NO9S. The first kappa shape index (κ1) is 27.3. The first-order chi connectivity index (χ1) is 14.6. The Morgan fingerprint density at radius 1 is 0.839 bits per heavy atom. The molecule has 31 heavy (non-hydrogen) atoms. The Balaban J connectivity index is 1.90. The highest BCUT2D eigenvalue weighted by Gasteiger charge is 2.16. The van der Waals surface area contributed by atoms with Gasteiger partial charge < -0.3 is 18.9 Å². The monoisotopic (exact) mass is 463 g/mol. The zero-order chi connectivity index (χ0) is 23.2. The summed E-state index contributed by atoms with van der Waals surface area (Å²) in [5.41, 5.74) is 2.54. The molecule has 0 heterocycles. The minimum absolute atomic E-state index is 0.0728. The average Bonchev–Trinajstić information content (AvgIpc) is 2.67. The lowest BCUT2D eigenvalue weighted by Crippen LogP contribution is -2.33. The Hall–Kier alpha value is -1.76. The fraction of sp³-hybridized carbons (Fsp3) is 0.650. The largest absolute Gasteiger partial charge is 0.442 e. The van der Waals surface area contributed by atoms with Gasteiger partial charge in [0.05, 0.1) is 57.8 Å². The number of carbonyl (C=O) groups excluding carboxylic acids is 1. The molecule has 0 unspecified atom stereocenters. The molecule has 0 radical (unpaired) electrons. The fourth-order valence-electron chi connectivity index (χ4n) is 2.03. The van der Waals surface area contributed by atoms with Gasteiger partial charge in [-0.3, -0.25) is 9.02 Å². The summed E-state index contributed by atoms with van der Waals surface area (Å²) in [5.74, 6) is 0. The fourth-order valence-corrected chi connectivity index (χ4v) is 2.92. The molecule has 0 bridgehead atoms. The molecular weight excluding hydrogens is 430 g/mol.